The maximum Gasteiger partial charge on any atom is 0.337 e. The van der Waals surface area contributed by atoms with Gasteiger partial charge in [0.25, 0.3) is 0 Å². The van der Waals surface area contributed by atoms with Gasteiger partial charge in [-0.15, -0.1) is 0 Å². The van der Waals surface area contributed by atoms with Crippen LogP contribution in [0.2, 0.25) is 0 Å². The normalized spacial score (nSPS) is 10.3. The molecule has 4 heteroatoms. The maximum atomic E-state index is 11.2. The van der Waals surface area contributed by atoms with Gasteiger partial charge in [-0.2, -0.15) is 0 Å². The summed E-state index contributed by atoms with van der Waals surface area (Å²) in [6, 6.07) is 6.92. The molecule has 2 N–H and O–H groups in total. The van der Waals surface area contributed by atoms with Gasteiger partial charge in [-0.05, 0) is 17.7 Å². The summed E-state index contributed by atoms with van der Waals surface area (Å²) in [5.41, 5.74) is 6.29. The van der Waals surface area contributed by atoms with Crippen molar-refractivity contribution in [3.05, 3.63) is 41.5 Å². The molecular formula is C12H13NO3. The Kier molecular flexibility index (Phi) is 4.27. The van der Waals surface area contributed by atoms with E-state index in [9.17, 15) is 9.59 Å². The smallest absolute Gasteiger partial charge is 0.337 e. The molecule has 4 nitrogen and oxygen atoms in total. The van der Waals surface area contributed by atoms with Crippen molar-refractivity contribution >= 4 is 18.0 Å². The predicted octanol–water partition coefficient (Wildman–Crippen LogP) is 1.36. The summed E-state index contributed by atoms with van der Waals surface area (Å²) in [5, 5.41) is 0. The molecule has 0 aliphatic carbocycles. The number of hydrogen-bond donors (Lipinski definition) is 1. The second kappa shape index (κ2) is 5.70. The first-order chi connectivity index (χ1) is 7.63. The van der Waals surface area contributed by atoms with Crippen LogP contribution in [-0.4, -0.2) is 19.0 Å². The van der Waals surface area contributed by atoms with Gasteiger partial charge in [0.1, 0.15) is 0 Å². The lowest BCUT2D eigenvalue weighted by atomic mass is 10.1. The zero-order chi connectivity index (χ0) is 12.0. The number of carbonyl (C=O) groups excluding carboxylic acids is 2. The van der Waals surface area contributed by atoms with E-state index in [0.29, 0.717) is 5.56 Å². The highest BCUT2D eigenvalue weighted by Crippen LogP contribution is 2.08. The molecule has 1 rings (SSSR count). The average molecular weight is 219 g/mol. The van der Waals surface area contributed by atoms with Crippen LogP contribution in [-0.2, 0) is 9.53 Å². The van der Waals surface area contributed by atoms with Crippen molar-refractivity contribution in [3.63, 3.8) is 0 Å². The minimum absolute atomic E-state index is 0.183. The van der Waals surface area contributed by atoms with E-state index in [1.54, 1.807) is 30.4 Å². The van der Waals surface area contributed by atoms with Crippen LogP contribution in [0.5, 0.6) is 0 Å². The first-order valence-electron chi connectivity index (χ1n) is 4.76. The Morgan fingerprint density at radius 3 is 2.81 bits per heavy atom. The molecule has 0 saturated heterocycles. The summed E-state index contributed by atoms with van der Waals surface area (Å²) in [6.45, 7) is 0. The maximum absolute atomic E-state index is 11.2. The number of primary amides is 1. The van der Waals surface area contributed by atoms with Gasteiger partial charge in [0.15, 0.2) is 0 Å². The van der Waals surface area contributed by atoms with E-state index in [0.717, 1.165) is 5.56 Å². The number of nitrogens with two attached hydrogens (primary N) is 1. The van der Waals surface area contributed by atoms with E-state index in [2.05, 4.69) is 4.74 Å². The number of amides is 1. The summed E-state index contributed by atoms with van der Waals surface area (Å²) in [7, 11) is 1.33. The molecule has 16 heavy (non-hydrogen) atoms. The SMILES string of the molecule is COC(=O)c1cccc(C=CCC(N)=O)c1. The number of rotatable bonds is 4. The van der Waals surface area contributed by atoms with Crippen LogP contribution in [0.4, 0.5) is 0 Å². The van der Waals surface area contributed by atoms with Gasteiger partial charge in [-0.3, -0.25) is 4.79 Å². The monoisotopic (exact) mass is 219 g/mol. The van der Waals surface area contributed by atoms with Crippen molar-refractivity contribution < 1.29 is 14.3 Å². The van der Waals surface area contributed by atoms with Gasteiger partial charge in [0.05, 0.1) is 12.7 Å². The van der Waals surface area contributed by atoms with Crippen LogP contribution in [0.1, 0.15) is 22.3 Å². The van der Waals surface area contributed by atoms with E-state index in [1.165, 1.54) is 7.11 Å². The molecule has 0 aliphatic heterocycles. The van der Waals surface area contributed by atoms with E-state index in [1.807, 2.05) is 6.07 Å². The average Bonchev–Trinajstić information content (AvgIpc) is 2.28. The van der Waals surface area contributed by atoms with Crippen LogP contribution in [0.3, 0.4) is 0 Å². The van der Waals surface area contributed by atoms with Crippen LogP contribution in [0, 0.1) is 0 Å². The lowest BCUT2D eigenvalue weighted by Crippen LogP contribution is -2.07. The Bertz CT molecular complexity index is 424. The second-order valence-electron chi connectivity index (χ2n) is 3.19. The number of carbonyl (C=O) groups is 2. The highest BCUT2D eigenvalue weighted by Gasteiger charge is 2.03. The standard InChI is InChI=1S/C12H13NO3/c1-16-12(15)10-6-2-4-9(8-10)5-3-7-11(13)14/h2-6,8H,7H2,1H3,(H2,13,14). The highest BCUT2D eigenvalue weighted by atomic mass is 16.5. The van der Waals surface area contributed by atoms with E-state index < -0.39 is 0 Å². The van der Waals surface area contributed by atoms with Crippen molar-refractivity contribution in [2.24, 2.45) is 5.73 Å². The van der Waals surface area contributed by atoms with Crippen molar-refractivity contribution in [2.45, 2.75) is 6.42 Å². The quantitative estimate of drug-likeness (QED) is 0.777. The molecule has 1 aromatic carbocycles. The Balaban J connectivity index is 2.78. The van der Waals surface area contributed by atoms with Crippen molar-refractivity contribution in [1.82, 2.24) is 0 Å². The first kappa shape index (κ1) is 12.0. The highest BCUT2D eigenvalue weighted by molar-refractivity contribution is 5.90. The zero-order valence-corrected chi connectivity index (χ0v) is 8.97. The number of hydrogen-bond acceptors (Lipinski definition) is 3. The topological polar surface area (TPSA) is 69.4 Å². The fourth-order valence-corrected chi connectivity index (χ4v) is 1.20. The van der Waals surface area contributed by atoms with Crippen LogP contribution in [0.15, 0.2) is 30.3 Å². The molecule has 0 bridgehead atoms. The van der Waals surface area contributed by atoms with Gasteiger partial charge in [0, 0.05) is 6.42 Å². The molecule has 1 aromatic rings. The summed E-state index contributed by atoms with van der Waals surface area (Å²) >= 11 is 0. The van der Waals surface area contributed by atoms with Crippen molar-refractivity contribution in [3.8, 4) is 0 Å². The fraction of sp³-hybridized carbons (Fsp3) is 0.167. The van der Waals surface area contributed by atoms with E-state index >= 15 is 0 Å². The summed E-state index contributed by atoms with van der Waals surface area (Å²) in [4.78, 5) is 21.7. The molecule has 0 saturated carbocycles. The first-order valence-corrected chi connectivity index (χ1v) is 4.76. The van der Waals surface area contributed by atoms with Gasteiger partial charge in [-0.25, -0.2) is 4.79 Å². The minimum Gasteiger partial charge on any atom is -0.465 e. The third-order valence-corrected chi connectivity index (χ3v) is 1.94. The molecule has 0 spiro atoms. The van der Waals surface area contributed by atoms with Crippen LogP contribution < -0.4 is 5.73 Å². The molecule has 0 aromatic heterocycles. The lowest BCUT2D eigenvalue weighted by molar-refractivity contribution is -0.117. The molecule has 84 valence electrons. The Hall–Kier alpha value is -2.10. The number of methoxy groups -OCH3 is 1. The number of benzene rings is 1. The van der Waals surface area contributed by atoms with Gasteiger partial charge in [0.2, 0.25) is 5.91 Å². The Morgan fingerprint density at radius 1 is 1.44 bits per heavy atom. The third-order valence-electron chi connectivity index (χ3n) is 1.94. The third kappa shape index (κ3) is 3.57. The molecule has 1 amide bonds. The largest absolute Gasteiger partial charge is 0.465 e. The van der Waals surface area contributed by atoms with Gasteiger partial charge < -0.3 is 10.5 Å². The number of ether oxygens (including phenoxy) is 1. The molecule has 0 atom stereocenters. The fourth-order valence-electron chi connectivity index (χ4n) is 1.20. The van der Waals surface area contributed by atoms with Crippen molar-refractivity contribution in [1.29, 1.82) is 0 Å². The summed E-state index contributed by atoms with van der Waals surface area (Å²) in [5.74, 6) is -0.773. The Morgan fingerprint density at radius 2 is 2.19 bits per heavy atom. The van der Waals surface area contributed by atoms with Gasteiger partial charge >= 0.3 is 5.97 Å². The molecule has 0 unspecified atom stereocenters. The van der Waals surface area contributed by atoms with E-state index in [4.69, 9.17) is 5.73 Å². The Labute approximate surface area is 93.7 Å². The zero-order valence-electron chi connectivity index (χ0n) is 8.97. The molecular weight excluding hydrogens is 206 g/mol. The van der Waals surface area contributed by atoms with Crippen molar-refractivity contribution in [2.75, 3.05) is 7.11 Å². The predicted molar refractivity (Wildman–Crippen MR) is 60.6 cm³/mol. The van der Waals surface area contributed by atoms with E-state index in [-0.39, 0.29) is 18.3 Å². The lowest BCUT2D eigenvalue weighted by Gasteiger charge is -1.99. The molecule has 0 fully saturated rings. The summed E-state index contributed by atoms with van der Waals surface area (Å²) in [6.07, 6.45) is 3.57. The minimum atomic E-state index is -0.389. The second-order valence-corrected chi connectivity index (χ2v) is 3.19. The summed E-state index contributed by atoms with van der Waals surface area (Å²) < 4.78 is 4.60. The molecule has 0 aliphatic rings. The van der Waals surface area contributed by atoms with Crippen LogP contribution >= 0.6 is 0 Å². The van der Waals surface area contributed by atoms with Crippen LogP contribution in [0.25, 0.3) is 6.08 Å². The number of esters is 1. The molecule has 0 radical (unpaired) electrons. The molecule has 0 heterocycles. The van der Waals surface area contributed by atoms with Gasteiger partial charge in [-0.1, -0.05) is 24.3 Å².